The molecule has 0 saturated heterocycles. The number of aromatic nitrogens is 4. The van der Waals surface area contributed by atoms with Gasteiger partial charge < -0.3 is 4.74 Å². The average Bonchev–Trinajstić information content (AvgIpc) is 3.57. The molecule has 1 unspecified atom stereocenters. The van der Waals surface area contributed by atoms with E-state index in [0.717, 1.165) is 67.8 Å². The summed E-state index contributed by atoms with van der Waals surface area (Å²) in [5.74, 6) is 0.723. The molecule has 0 aliphatic heterocycles. The molecule has 0 fully saturated rings. The van der Waals surface area contributed by atoms with Gasteiger partial charge in [-0.3, -0.25) is 9.59 Å². The Bertz CT molecular complexity index is 2470. The summed E-state index contributed by atoms with van der Waals surface area (Å²) in [6.45, 7) is 0.646. The van der Waals surface area contributed by atoms with Gasteiger partial charge in [0.25, 0.3) is 0 Å². The van der Waals surface area contributed by atoms with Crippen molar-refractivity contribution in [2.24, 2.45) is 0 Å². The highest BCUT2D eigenvalue weighted by Crippen LogP contribution is 2.29. The van der Waals surface area contributed by atoms with E-state index in [0.29, 0.717) is 6.54 Å². The van der Waals surface area contributed by atoms with E-state index in [9.17, 15) is 19.2 Å². The van der Waals surface area contributed by atoms with Crippen molar-refractivity contribution in [1.82, 2.24) is 17.0 Å². The molecule has 7 rings (SSSR count). The molecule has 5 aromatic carbocycles. The molecular formula is C39H32N4O5S2. The first-order valence-electron chi connectivity index (χ1n) is 15.9. The minimum absolute atomic E-state index is 0.146. The zero-order valence-electron chi connectivity index (χ0n) is 27.0. The van der Waals surface area contributed by atoms with Crippen LogP contribution in [0.25, 0.3) is 11.1 Å². The normalized spacial score (nSPS) is 11.8. The fourth-order valence-electron chi connectivity index (χ4n) is 5.94. The third-order valence-corrected chi connectivity index (χ3v) is 10.3. The van der Waals surface area contributed by atoms with Gasteiger partial charge in [-0.15, -0.1) is 0 Å². The number of rotatable bonds is 11. The minimum atomic E-state index is -0.496. The minimum Gasteiger partial charge on any atom is -0.497 e. The van der Waals surface area contributed by atoms with Crippen LogP contribution in [-0.4, -0.2) is 24.2 Å². The average molecular weight is 701 g/mol. The lowest BCUT2D eigenvalue weighted by molar-refractivity contribution is 0.414. The molecule has 0 aliphatic carbocycles. The van der Waals surface area contributed by atoms with E-state index in [2.05, 4.69) is 0 Å². The molecule has 2 heterocycles. The summed E-state index contributed by atoms with van der Waals surface area (Å²) in [6, 6.07) is 41.7. The summed E-state index contributed by atoms with van der Waals surface area (Å²) in [7, 11) is 1.60. The van der Waals surface area contributed by atoms with Crippen LogP contribution in [0.4, 0.5) is 0 Å². The molecule has 0 amide bonds. The Labute approximate surface area is 295 Å². The molecule has 7 aromatic rings. The summed E-state index contributed by atoms with van der Waals surface area (Å²) in [5.41, 5.74) is 5.46. The van der Waals surface area contributed by atoms with Gasteiger partial charge in [0.2, 0.25) is 0 Å². The van der Waals surface area contributed by atoms with E-state index in [1.54, 1.807) is 11.1 Å². The van der Waals surface area contributed by atoms with Gasteiger partial charge in [0.05, 0.1) is 32.8 Å². The van der Waals surface area contributed by atoms with E-state index in [1.165, 1.54) is 13.1 Å². The second-order valence-corrected chi connectivity index (χ2v) is 13.7. The monoisotopic (exact) mass is 700 g/mol. The third-order valence-electron chi connectivity index (χ3n) is 8.52. The number of ether oxygens (including phenoxy) is 1. The van der Waals surface area contributed by atoms with Crippen molar-refractivity contribution in [2.75, 3.05) is 7.11 Å². The molecule has 2 aromatic heterocycles. The smallest absolute Gasteiger partial charge is 0.342 e. The first-order chi connectivity index (χ1) is 24.4. The fourth-order valence-corrected chi connectivity index (χ4v) is 7.70. The highest BCUT2D eigenvalue weighted by Gasteiger charge is 2.23. The van der Waals surface area contributed by atoms with Gasteiger partial charge in [0, 0.05) is 23.1 Å². The highest BCUT2D eigenvalue weighted by molar-refractivity contribution is 7.03. The number of nitrogens with zero attached hydrogens (tertiary/aromatic N) is 4. The van der Waals surface area contributed by atoms with Crippen LogP contribution in [0.2, 0.25) is 0 Å². The van der Waals surface area contributed by atoms with Crippen LogP contribution in [0.15, 0.2) is 153 Å². The van der Waals surface area contributed by atoms with Crippen LogP contribution in [0.5, 0.6) is 5.75 Å². The van der Waals surface area contributed by atoms with E-state index in [1.807, 2.05) is 133 Å². The third kappa shape index (κ3) is 6.87. The number of hydrogen-bond donors (Lipinski definition) is 0. The molecule has 0 bridgehead atoms. The first-order valence-corrected chi connectivity index (χ1v) is 17.5. The van der Waals surface area contributed by atoms with Crippen LogP contribution in [0.3, 0.4) is 0 Å². The van der Waals surface area contributed by atoms with Crippen LogP contribution < -0.4 is 25.9 Å². The molecule has 0 N–H and O–H groups in total. The second kappa shape index (κ2) is 14.4. The van der Waals surface area contributed by atoms with E-state index in [-0.39, 0.29) is 34.2 Å². The Balaban J connectivity index is 1.15. The standard InChI is InChI=1S/C39H32N4O5S2/c1-48-34-21-15-28(16-22-34)26-42-36(44)40(38(46)49-42)25-29-11-8-14-33(23-29)30-17-19-32(20-18-30)35(31-12-6-3-7-13-31)43-37(45)41(39(47)50-43)24-27-9-4-2-5-10-27/h2-23,35H,24-26H2,1H3. The Morgan fingerprint density at radius 2 is 1.12 bits per heavy atom. The summed E-state index contributed by atoms with van der Waals surface area (Å²) in [5, 5.41) is 0. The maximum Gasteiger partial charge on any atom is 0.342 e. The summed E-state index contributed by atoms with van der Waals surface area (Å²) in [4.78, 5) is 52.3. The predicted octanol–water partition coefficient (Wildman–Crippen LogP) is 5.91. The number of hydrogen-bond acceptors (Lipinski definition) is 7. The lowest BCUT2D eigenvalue weighted by Crippen LogP contribution is -2.31. The lowest BCUT2D eigenvalue weighted by Gasteiger charge is -2.18. The van der Waals surface area contributed by atoms with E-state index >= 15 is 0 Å². The van der Waals surface area contributed by atoms with Crippen molar-refractivity contribution in [3.8, 4) is 16.9 Å². The van der Waals surface area contributed by atoms with Crippen LogP contribution >= 0.6 is 23.1 Å². The molecular weight excluding hydrogens is 669 g/mol. The van der Waals surface area contributed by atoms with Gasteiger partial charge in [-0.05, 0) is 57.1 Å². The Kier molecular flexibility index (Phi) is 9.41. The molecule has 0 aliphatic rings. The zero-order chi connectivity index (χ0) is 34.6. The van der Waals surface area contributed by atoms with Gasteiger partial charge in [-0.2, -0.15) is 0 Å². The first kappa shape index (κ1) is 32.8. The van der Waals surface area contributed by atoms with Gasteiger partial charge in [-0.1, -0.05) is 115 Å². The van der Waals surface area contributed by atoms with E-state index in [4.69, 9.17) is 4.74 Å². The van der Waals surface area contributed by atoms with Crippen molar-refractivity contribution in [2.45, 2.75) is 25.7 Å². The van der Waals surface area contributed by atoms with Crippen molar-refractivity contribution in [1.29, 1.82) is 0 Å². The lowest BCUT2D eigenvalue weighted by atomic mass is 9.96. The van der Waals surface area contributed by atoms with Gasteiger partial charge in [-0.25, -0.2) is 26.6 Å². The van der Waals surface area contributed by atoms with Crippen molar-refractivity contribution < 1.29 is 4.74 Å². The summed E-state index contributed by atoms with van der Waals surface area (Å²) in [6.07, 6.45) is 0. The molecule has 9 nitrogen and oxygen atoms in total. The quantitative estimate of drug-likeness (QED) is 0.167. The van der Waals surface area contributed by atoms with Crippen LogP contribution in [0.1, 0.15) is 33.9 Å². The molecule has 0 radical (unpaired) electrons. The molecule has 11 heteroatoms. The Morgan fingerprint density at radius 3 is 1.82 bits per heavy atom. The number of benzene rings is 5. The summed E-state index contributed by atoms with van der Waals surface area (Å²) >= 11 is 1.82. The fraction of sp³-hybridized carbons (Fsp3) is 0.128. The second-order valence-electron chi connectivity index (χ2n) is 11.8. The van der Waals surface area contributed by atoms with E-state index < -0.39 is 6.04 Å². The Morgan fingerprint density at radius 1 is 0.540 bits per heavy atom. The topological polar surface area (TPSA) is 97.2 Å². The molecule has 0 spiro atoms. The highest BCUT2D eigenvalue weighted by atomic mass is 32.1. The van der Waals surface area contributed by atoms with Gasteiger partial charge in [0.1, 0.15) is 5.75 Å². The van der Waals surface area contributed by atoms with Crippen molar-refractivity contribution in [3.63, 3.8) is 0 Å². The molecule has 50 heavy (non-hydrogen) atoms. The largest absolute Gasteiger partial charge is 0.497 e. The maximum absolute atomic E-state index is 13.7. The molecule has 0 saturated carbocycles. The SMILES string of the molecule is COc1ccc(Cn2sc(=O)n(Cc3cccc(-c4ccc(C(c5ccccc5)n5sc(=O)n(Cc6ccccc6)c5=O)cc4)c3)c2=O)cc1. The zero-order valence-corrected chi connectivity index (χ0v) is 28.7. The summed E-state index contributed by atoms with van der Waals surface area (Å²) < 4.78 is 10.8. The number of methoxy groups -OCH3 is 1. The maximum atomic E-state index is 13.7. The van der Waals surface area contributed by atoms with Crippen LogP contribution in [-0.2, 0) is 19.6 Å². The molecule has 250 valence electrons. The molecule has 1 atom stereocenters. The van der Waals surface area contributed by atoms with Gasteiger partial charge >= 0.3 is 21.1 Å². The van der Waals surface area contributed by atoms with Crippen LogP contribution in [0, 0.1) is 0 Å². The Hall–Kier alpha value is -5.78. The van der Waals surface area contributed by atoms with Crippen molar-refractivity contribution in [3.05, 3.63) is 202 Å². The van der Waals surface area contributed by atoms with Crippen molar-refractivity contribution >= 4 is 23.1 Å². The predicted molar refractivity (Wildman–Crippen MR) is 198 cm³/mol. The van der Waals surface area contributed by atoms with Gasteiger partial charge in [0.15, 0.2) is 0 Å².